The lowest BCUT2D eigenvalue weighted by Crippen LogP contribution is -2.02. The zero-order chi connectivity index (χ0) is 11.3. The van der Waals surface area contributed by atoms with E-state index >= 15 is 0 Å². The maximum Gasteiger partial charge on any atom is 0.206 e. The smallest absolute Gasteiger partial charge is 0.206 e. The van der Waals surface area contributed by atoms with Crippen molar-refractivity contribution in [3.05, 3.63) is 11.9 Å². The summed E-state index contributed by atoms with van der Waals surface area (Å²) in [6, 6.07) is 0. The predicted molar refractivity (Wildman–Crippen MR) is 58.3 cm³/mol. The van der Waals surface area contributed by atoms with Crippen LogP contribution >= 0.6 is 11.6 Å². The topological polar surface area (TPSA) is 40.6 Å². The Hall–Kier alpha value is -1.16. The number of halogens is 1. The highest BCUT2D eigenvalue weighted by Gasteiger charge is 2.16. The standard InChI is InChI=1S/C10H14ClNO3/c1-13-8-6-12-7(4-5-11)9(14-2)10(8)15-3/h6H,4-5H2,1-3H3. The minimum Gasteiger partial charge on any atom is -0.491 e. The molecule has 0 bridgehead atoms. The van der Waals surface area contributed by atoms with Crippen LogP contribution < -0.4 is 14.2 Å². The number of methoxy groups -OCH3 is 3. The summed E-state index contributed by atoms with van der Waals surface area (Å²) < 4.78 is 15.6. The maximum absolute atomic E-state index is 5.67. The first kappa shape index (κ1) is 11.9. The van der Waals surface area contributed by atoms with Crippen LogP contribution in [-0.4, -0.2) is 32.2 Å². The Morgan fingerprint density at radius 2 is 1.80 bits per heavy atom. The summed E-state index contributed by atoms with van der Waals surface area (Å²) in [5.41, 5.74) is 0.769. The molecule has 0 amide bonds. The van der Waals surface area contributed by atoms with Gasteiger partial charge in [0.1, 0.15) is 0 Å². The van der Waals surface area contributed by atoms with Crippen LogP contribution in [0.15, 0.2) is 6.20 Å². The van der Waals surface area contributed by atoms with Crippen molar-refractivity contribution in [2.75, 3.05) is 27.2 Å². The van der Waals surface area contributed by atoms with Gasteiger partial charge in [-0.3, -0.25) is 4.98 Å². The SMILES string of the molecule is COc1cnc(CCCl)c(OC)c1OC. The van der Waals surface area contributed by atoms with Crippen LogP contribution in [0, 0.1) is 0 Å². The summed E-state index contributed by atoms with van der Waals surface area (Å²) in [6.45, 7) is 0. The van der Waals surface area contributed by atoms with Crippen molar-refractivity contribution in [2.45, 2.75) is 6.42 Å². The summed E-state index contributed by atoms with van der Waals surface area (Å²) in [5.74, 6) is 2.17. The predicted octanol–water partition coefficient (Wildman–Crippen LogP) is 1.89. The van der Waals surface area contributed by atoms with Gasteiger partial charge in [0.15, 0.2) is 11.5 Å². The van der Waals surface area contributed by atoms with Crippen LogP contribution in [0.25, 0.3) is 0 Å². The number of hydrogen-bond donors (Lipinski definition) is 0. The van der Waals surface area contributed by atoms with Crippen molar-refractivity contribution in [1.82, 2.24) is 4.98 Å². The van der Waals surface area contributed by atoms with Crippen molar-refractivity contribution < 1.29 is 14.2 Å². The molecular weight excluding hydrogens is 218 g/mol. The summed E-state index contributed by atoms with van der Waals surface area (Å²) in [6.07, 6.45) is 2.23. The van der Waals surface area contributed by atoms with E-state index in [9.17, 15) is 0 Å². The number of pyridine rings is 1. The van der Waals surface area contributed by atoms with Crippen molar-refractivity contribution >= 4 is 11.6 Å². The quantitative estimate of drug-likeness (QED) is 0.726. The van der Waals surface area contributed by atoms with Gasteiger partial charge in [0.25, 0.3) is 0 Å². The maximum atomic E-state index is 5.67. The Labute approximate surface area is 94.1 Å². The first-order chi connectivity index (χ1) is 7.28. The Kier molecular flexibility index (Phi) is 4.49. The highest BCUT2D eigenvalue weighted by Crippen LogP contribution is 2.38. The van der Waals surface area contributed by atoms with E-state index in [1.54, 1.807) is 27.5 Å². The Morgan fingerprint density at radius 3 is 2.27 bits per heavy atom. The second-order valence-corrected chi connectivity index (χ2v) is 3.16. The highest BCUT2D eigenvalue weighted by molar-refractivity contribution is 6.18. The number of alkyl halides is 1. The molecule has 5 heteroatoms. The van der Waals surface area contributed by atoms with Gasteiger partial charge < -0.3 is 14.2 Å². The van der Waals surface area contributed by atoms with Gasteiger partial charge in [-0.2, -0.15) is 0 Å². The summed E-state index contributed by atoms with van der Waals surface area (Å²) in [5, 5.41) is 0. The molecule has 0 aliphatic heterocycles. The van der Waals surface area contributed by atoms with Gasteiger partial charge in [-0.1, -0.05) is 0 Å². The van der Waals surface area contributed by atoms with E-state index in [4.69, 9.17) is 25.8 Å². The van der Waals surface area contributed by atoms with Crippen molar-refractivity contribution in [1.29, 1.82) is 0 Å². The number of ether oxygens (including phenoxy) is 3. The molecule has 0 atom stereocenters. The van der Waals surface area contributed by atoms with E-state index in [0.29, 0.717) is 29.5 Å². The molecule has 0 aromatic carbocycles. The molecule has 0 saturated carbocycles. The van der Waals surface area contributed by atoms with E-state index in [1.165, 1.54) is 0 Å². The van der Waals surface area contributed by atoms with Gasteiger partial charge in [0, 0.05) is 12.3 Å². The minimum absolute atomic E-state index is 0.485. The van der Waals surface area contributed by atoms with Gasteiger partial charge in [-0.15, -0.1) is 11.6 Å². The summed E-state index contributed by atoms with van der Waals surface area (Å²) >= 11 is 5.67. The number of rotatable bonds is 5. The number of hydrogen-bond acceptors (Lipinski definition) is 4. The molecule has 1 heterocycles. The summed E-state index contributed by atoms with van der Waals surface area (Å²) in [7, 11) is 4.68. The van der Waals surface area contributed by atoms with Crippen molar-refractivity contribution in [3.63, 3.8) is 0 Å². The Morgan fingerprint density at radius 1 is 1.13 bits per heavy atom. The average molecular weight is 232 g/mol. The third-order valence-corrected chi connectivity index (χ3v) is 2.18. The summed E-state index contributed by atoms with van der Waals surface area (Å²) in [4.78, 5) is 4.20. The lowest BCUT2D eigenvalue weighted by molar-refractivity contribution is 0.319. The second kappa shape index (κ2) is 5.66. The Bertz CT molecular complexity index is 331. The molecule has 0 aliphatic rings. The minimum atomic E-state index is 0.485. The molecule has 4 nitrogen and oxygen atoms in total. The fourth-order valence-electron chi connectivity index (χ4n) is 1.31. The van der Waals surface area contributed by atoms with Gasteiger partial charge in [-0.25, -0.2) is 0 Å². The van der Waals surface area contributed by atoms with E-state index in [1.807, 2.05) is 0 Å². The molecular formula is C10H14ClNO3. The third-order valence-electron chi connectivity index (χ3n) is 1.99. The van der Waals surface area contributed by atoms with E-state index in [-0.39, 0.29) is 0 Å². The molecule has 0 fully saturated rings. The van der Waals surface area contributed by atoms with Crippen LogP contribution in [0.2, 0.25) is 0 Å². The molecule has 15 heavy (non-hydrogen) atoms. The van der Waals surface area contributed by atoms with Crippen LogP contribution in [0.1, 0.15) is 5.69 Å². The molecule has 0 N–H and O–H groups in total. The van der Waals surface area contributed by atoms with E-state index < -0.39 is 0 Å². The normalized spacial score (nSPS) is 9.87. The van der Waals surface area contributed by atoms with Gasteiger partial charge >= 0.3 is 0 Å². The monoisotopic (exact) mass is 231 g/mol. The van der Waals surface area contributed by atoms with Crippen LogP contribution in [0.3, 0.4) is 0 Å². The number of aryl methyl sites for hydroxylation is 1. The largest absolute Gasteiger partial charge is 0.491 e. The molecule has 0 radical (unpaired) electrons. The van der Waals surface area contributed by atoms with E-state index in [0.717, 1.165) is 5.69 Å². The lowest BCUT2D eigenvalue weighted by atomic mass is 10.2. The van der Waals surface area contributed by atoms with Crippen molar-refractivity contribution in [2.24, 2.45) is 0 Å². The first-order valence-corrected chi connectivity index (χ1v) is 5.01. The molecule has 0 saturated heterocycles. The zero-order valence-electron chi connectivity index (χ0n) is 9.04. The molecule has 1 aromatic heterocycles. The molecule has 0 spiro atoms. The van der Waals surface area contributed by atoms with Crippen LogP contribution in [-0.2, 0) is 6.42 Å². The van der Waals surface area contributed by atoms with Crippen LogP contribution in [0.5, 0.6) is 17.2 Å². The lowest BCUT2D eigenvalue weighted by Gasteiger charge is -2.14. The fourth-order valence-corrected chi connectivity index (χ4v) is 1.49. The molecule has 0 aliphatic carbocycles. The fraction of sp³-hybridized carbons (Fsp3) is 0.500. The average Bonchev–Trinajstić information content (AvgIpc) is 2.28. The highest BCUT2D eigenvalue weighted by atomic mass is 35.5. The molecule has 0 unspecified atom stereocenters. The first-order valence-electron chi connectivity index (χ1n) is 4.48. The van der Waals surface area contributed by atoms with E-state index in [2.05, 4.69) is 4.98 Å². The number of aromatic nitrogens is 1. The van der Waals surface area contributed by atoms with Gasteiger partial charge in [-0.05, 0) is 0 Å². The molecule has 1 rings (SSSR count). The Balaban J connectivity index is 3.21. The molecule has 1 aromatic rings. The van der Waals surface area contributed by atoms with Crippen LogP contribution in [0.4, 0.5) is 0 Å². The van der Waals surface area contributed by atoms with Gasteiger partial charge in [0.05, 0.1) is 33.2 Å². The third kappa shape index (κ3) is 2.45. The number of nitrogens with zero attached hydrogens (tertiary/aromatic N) is 1. The van der Waals surface area contributed by atoms with Gasteiger partial charge in [0.2, 0.25) is 5.75 Å². The van der Waals surface area contributed by atoms with Crippen molar-refractivity contribution in [3.8, 4) is 17.2 Å². The zero-order valence-corrected chi connectivity index (χ0v) is 9.80. The second-order valence-electron chi connectivity index (χ2n) is 2.78. The molecule has 84 valence electrons.